The van der Waals surface area contributed by atoms with Crippen LogP contribution in [0.15, 0.2) is 78.9 Å². The first-order valence-electron chi connectivity index (χ1n) is 13.2. The van der Waals surface area contributed by atoms with Crippen molar-refractivity contribution in [3.05, 3.63) is 95.6 Å². The van der Waals surface area contributed by atoms with Crippen LogP contribution in [0.25, 0.3) is 0 Å². The summed E-state index contributed by atoms with van der Waals surface area (Å²) in [7, 11) is -0.697. The lowest BCUT2D eigenvalue weighted by Gasteiger charge is -2.39. The van der Waals surface area contributed by atoms with Crippen molar-refractivity contribution in [2.24, 2.45) is 0 Å². The van der Waals surface area contributed by atoms with Crippen molar-refractivity contribution in [2.75, 3.05) is 33.6 Å². The Labute approximate surface area is 242 Å². The summed E-state index contributed by atoms with van der Waals surface area (Å²) >= 11 is 0. The molecule has 220 valence electrons. The van der Waals surface area contributed by atoms with Gasteiger partial charge in [0, 0.05) is 0 Å². The fourth-order valence-electron chi connectivity index (χ4n) is 4.91. The average molecular weight is 584 g/mol. The molecule has 1 amide bonds. The van der Waals surface area contributed by atoms with Crippen LogP contribution in [0.3, 0.4) is 0 Å². The minimum Gasteiger partial charge on any atom is -0.497 e. The fourth-order valence-corrected chi connectivity index (χ4v) is 5.54. The number of rotatable bonds is 9. The molecule has 3 aromatic rings. The van der Waals surface area contributed by atoms with E-state index in [1.807, 2.05) is 78.9 Å². The Morgan fingerprint density at radius 2 is 1.22 bits per heavy atom. The number of amides is 1. The molecule has 41 heavy (non-hydrogen) atoms. The summed E-state index contributed by atoms with van der Waals surface area (Å²) in [5.41, 5.74) is 0.368. The SMILES string of the molecule is COc1ccc(C(OC2CN(C(=O)OC(C)(C)C)CC2OS(C)(=O)=O)(c2ccccc2)c2ccc(OC)cc2)cc1. The van der Waals surface area contributed by atoms with E-state index in [0.29, 0.717) is 11.5 Å². The number of benzene rings is 3. The molecule has 1 fully saturated rings. The van der Waals surface area contributed by atoms with E-state index in [2.05, 4.69) is 0 Å². The highest BCUT2D eigenvalue weighted by molar-refractivity contribution is 7.86. The van der Waals surface area contributed by atoms with Gasteiger partial charge in [0.25, 0.3) is 10.1 Å². The number of likely N-dealkylation sites (tertiary alicyclic amines) is 1. The molecule has 1 aliphatic heterocycles. The summed E-state index contributed by atoms with van der Waals surface area (Å²) in [6, 6.07) is 24.6. The number of methoxy groups -OCH3 is 2. The van der Waals surface area contributed by atoms with Crippen molar-refractivity contribution in [3.63, 3.8) is 0 Å². The van der Waals surface area contributed by atoms with Gasteiger partial charge in [-0.2, -0.15) is 8.42 Å². The minimum absolute atomic E-state index is 0.0251. The second-order valence-electron chi connectivity index (χ2n) is 10.9. The number of hydrogen-bond donors (Lipinski definition) is 0. The maximum Gasteiger partial charge on any atom is 0.410 e. The molecule has 10 heteroatoms. The molecule has 0 N–H and O–H groups in total. The van der Waals surface area contributed by atoms with Crippen LogP contribution in [0.4, 0.5) is 4.79 Å². The molecular weight excluding hydrogens is 546 g/mol. The topological polar surface area (TPSA) is 101 Å². The van der Waals surface area contributed by atoms with Crippen LogP contribution in [-0.2, 0) is 29.4 Å². The Balaban J connectivity index is 1.88. The zero-order valence-electron chi connectivity index (χ0n) is 24.2. The van der Waals surface area contributed by atoms with E-state index in [1.54, 1.807) is 35.0 Å². The molecule has 2 atom stereocenters. The predicted octanol–water partition coefficient (Wildman–Crippen LogP) is 4.98. The lowest BCUT2D eigenvalue weighted by Crippen LogP contribution is -2.42. The third kappa shape index (κ3) is 7.19. The predicted molar refractivity (Wildman–Crippen MR) is 155 cm³/mol. The van der Waals surface area contributed by atoms with Gasteiger partial charge in [-0.15, -0.1) is 0 Å². The van der Waals surface area contributed by atoms with Gasteiger partial charge in [0.15, 0.2) is 0 Å². The van der Waals surface area contributed by atoms with Crippen molar-refractivity contribution >= 4 is 16.2 Å². The zero-order valence-corrected chi connectivity index (χ0v) is 25.0. The molecule has 0 saturated carbocycles. The maximum absolute atomic E-state index is 13.0. The van der Waals surface area contributed by atoms with Gasteiger partial charge in [-0.25, -0.2) is 4.79 Å². The van der Waals surface area contributed by atoms with E-state index < -0.39 is 39.6 Å². The normalized spacial score (nSPS) is 17.8. The Kier molecular flexibility index (Phi) is 8.96. The third-order valence-electron chi connectivity index (χ3n) is 6.67. The molecule has 9 nitrogen and oxygen atoms in total. The monoisotopic (exact) mass is 583 g/mol. The van der Waals surface area contributed by atoms with Crippen LogP contribution in [0.1, 0.15) is 37.5 Å². The van der Waals surface area contributed by atoms with E-state index >= 15 is 0 Å². The second-order valence-corrected chi connectivity index (χ2v) is 12.5. The fraction of sp³-hybridized carbons (Fsp3) is 0.387. The minimum atomic E-state index is -3.88. The van der Waals surface area contributed by atoms with Crippen LogP contribution in [0, 0.1) is 0 Å². The van der Waals surface area contributed by atoms with Gasteiger partial charge < -0.3 is 23.8 Å². The smallest absolute Gasteiger partial charge is 0.410 e. The van der Waals surface area contributed by atoms with Crippen LogP contribution in [0.2, 0.25) is 0 Å². The molecule has 0 bridgehead atoms. The van der Waals surface area contributed by atoms with Crippen LogP contribution in [-0.4, -0.2) is 70.8 Å². The molecule has 3 aromatic carbocycles. The molecule has 0 aliphatic carbocycles. The Bertz CT molecular complexity index is 1370. The van der Waals surface area contributed by atoms with Gasteiger partial charge in [-0.3, -0.25) is 4.18 Å². The molecule has 0 radical (unpaired) electrons. The molecular formula is C31H37NO8S. The highest BCUT2D eigenvalue weighted by Crippen LogP contribution is 2.44. The largest absolute Gasteiger partial charge is 0.497 e. The summed E-state index contributed by atoms with van der Waals surface area (Å²) in [6.45, 7) is 5.34. The molecule has 1 aliphatic rings. The Hall–Kier alpha value is -3.60. The molecule has 0 spiro atoms. The van der Waals surface area contributed by atoms with E-state index in [0.717, 1.165) is 22.9 Å². The zero-order chi connectivity index (χ0) is 29.8. The number of carbonyl (C=O) groups excluding carboxylic acids is 1. The molecule has 4 rings (SSSR count). The van der Waals surface area contributed by atoms with Gasteiger partial charge in [-0.1, -0.05) is 54.6 Å². The van der Waals surface area contributed by atoms with Crippen LogP contribution < -0.4 is 9.47 Å². The number of nitrogens with zero attached hydrogens (tertiary/aromatic N) is 1. The molecule has 1 heterocycles. The average Bonchev–Trinajstić information content (AvgIpc) is 3.32. The first-order valence-corrected chi connectivity index (χ1v) is 15.0. The summed E-state index contributed by atoms with van der Waals surface area (Å²) in [6.07, 6.45) is -1.42. The maximum atomic E-state index is 13.0. The Morgan fingerprint density at radius 1 is 0.756 bits per heavy atom. The van der Waals surface area contributed by atoms with Crippen LogP contribution in [0.5, 0.6) is 11.5 Å². The van der Waals surface area contributed by atoms with Crippen molar-refractivity contribution in [3.8, 4) is 11.5 Å². The number of carbonyl (C=O) groups is 1. The highest BCUT2D eigenvalue weighted by Gasteiger charge is 2.47. The third-order valence-corrected chi connectivity index (χ3v) is 7.26. The van der Waals surface area contributed by atoms with Crippen LogP contribution >= 0.6 is 0 Å². The van der Waals surface area contributed by atoms with E-state index in [1.165, 1.54) is 4.90 Å². The summed E-state index contributed by atoms with van der Waals surface area (Å²) in [5.74, 6) is 1.33. The van der Waals surface area contributed by atoms with Crippen molar-refractivity contribution in [1.29, 1.82) is 0 Å². The van der Waals surface area contributed by atoms with Crippen molar-refractivity contribution < 1.29 is 36.3 Å². The van der Waals surface area contributed by atoms with Gasteiger partial charge in [0.1, 0.15) is 34.9 Å². The summed E-state index contributed by atoms with van der Waals surface area (Å²) in [4.78, 5) is 14.5. The van der Waals surface area contributed by atoms with E-state index in [-0.39, 0.29) is 13.1 Å². The van der Waals surface area contributed by atoms with Gasteiger partial charge in [-0.05, 0) is 61.7 Å². The molecule has 0 aromatic heterocycles. The standard InChI is InChI=1S/C31H37NO8S/c1-30(2,3)39-29(33)32-20-27(28(21-32)40-41(6,34)35)38-31(22-10-8-7-9-11-22,23-12-16-25(36-4)17-13-23)24-14-18-26(37-5)19-15-24/h7-19,27-28H,20-21H2,1-6H3. The summed E-state index contributed by atoms with van der Waals surface area (Å²) in [5, 5.41) is 0. The van der Waals surface area contributed by atoms with E-state index in [9.17, 15) is 13.2 Å². The van der Waals surface area contributed by atoms with E-state index in [4.69, 9.17) is 23.1 Å². The highest BCUT2D eigenvalue weighted by atomic mass is 32.2. The Morgan fingerprint density at radius 3 is 1.66 bits per heavy atom. The lowest BCUT2D eigenvalue weighted by atomic mass is 9.79. The number of ether oxygens (including phenoxy) is 4. The first-order chi connectivity index (χ1) is 19.3. The summed E-state index contributed by atoms with van der Waals surface area (Å²) < 4.78 is 53.6. The van der Waals surface area contributed by atoms with Crippen molar-refractivity contribution in [1.82, 2.24) is 4.90 Å². The quantitative estimate of drug-likeness (QED) is 0.257. The van der Waals surface area contributed by atoms with Crippen molar-refractivity contribution in [2.45, 2.75) is 44.2 Å². The first kappa shape index (κ1) is 30.4. The molecule has 1 saturated heterocycles. The van der Waals surface area contributed by atoms with Gasteiger partial charge in [0.2, 0.25) is 0 Å². The second kappa shape index (κ2) is 12.1. The number of hydrogen-bond acceptors (Lipinski definition) is 8. The lowest BCUT2D eigenvalue weighted by molar-refractivity contribution is -0.0745. The molecule has 2 unspecified atom stereocenters. The van der Waals surface area contributed by atoms with Gasteiger partial charge >= 0.3 is 6.09 Å². The van der Waals surface area contributed by atoms with Gasteiger partial charge in [0.05, 0.1) is 33.6 Å².